The Bertz CT molecular complexity index is 424. The van der Waals surface area contributed by atoms with Crippen LogP contribution in [0.5, 0.6) is 0 Å². The van der Waals surface area contributed by atoms with E-state index in [2.05, 4.69) is 28.1 Å². The van der Waals surface area contributed by atoms with E-state index in [0.29, 0.717) is 5.22 Å². The second-order valence-corrected chi connectivity index (χ2v) is 4.78. The smallest absolute Gasteiger partial charge is 0.193 e. The zero-order valence-electron chi connectivity index (χ0n) is 7.99. The van der Waals surface area contributed by atoms with Gasteiger partial charge in [-0.15, -0.1) is 0 Å². The van der Waals surface area contributed by atoms with E-state index < -0.39 is 0 Å². The van der Waals surface area contributed by atoms with Crippen LogP contribution in [-0.4, -0.2) is 0 Å². The van der Waals surface area contributed by atoms with Crippen molar-refractivity contribution < 1.29 is 4.42 Å². The molecule has 0 bridgehead atoms. The Hall–Kier alpha value is -0.730. The fourth-order valence-corrected chi connectivity index (χ4v) is 2.19. The maximum absolute atomic E-state index is 5.72. The molecule has 1 unspecified atom stereocenters. The number of hydrogen-bond donors (Lipinski definition) is 0. The highest BCUT2D eigenvalue weighted by molar-refractivity contribution is 9.09. The summed E-state index contributed by atoms with van der Waals surface area (Å²) in [6.07, 6.45) is 0.894. The molecule has 2 rings (SSSR count). The van der Waals surface area contributed by atoms with E-state index in [0.717, 1.165) is 12.2 Å². The van der Waals surface area contributed by atoms with Crippen molar-refractivity contribution in [2.24, 2.45) is 0 Å². The van der Waals surface area contributed by atoms with E-state index in [1.807, 2.05) is 24.3 Å². The highest BCUT2D eigenvalue weighted by Crippen LogP contribution is 2.29. The molecule has 2 aromatic rings. The third-order valence-electron chi connectivity index (χ3n) is 2.16. The lowest BCUT2D eigenvalue weighted by atomic mass is 10.1. The lowest BCUT2D eigenvalue weighted by molar-refractivity contribution is 0.509. The molecule has 1 nitrogen and oxygen atoms in total. The summed E-state index contributed by atoms with van der Waals surface area (Å²) in [4.78, 5) is 0.174. The first-order chi connectivity index (χ1) is 7.25. The zero-order valence-corrected chi connectivity index (χ0v) is 10.3. The van der Waals surface area contributed by atoms with Crippen molar-refractivity contribution >= 4 is 27.5 Å². The Balaban J connectivity index is 2.07. The first-order valence-electron chi connectivity index (χ1n) is 4.69. The van der Waals surface area contributed by atoms with Gasteiger partial charge in [0, 0.05) is 0 Å². The minimum Gasteiger partial charge on any atom is -0.449 e. The van der Waals surface area contributed by atoms with E-state index in [-0.39, 0.29) is 4.83 Å². The van der Waals surface area contributed by atoms with E-state index in [1.165, 1.54) is 5.56 Å². The predicted molar refractivity (Wildman–Crippen MR) is 65.5 cm³/mol. The van der Waals surface area contributed by atoms with Gasteiger partial charge < -0.3 is 4.42 Å². The van der Waals surface area contributed by atoms with Gasteiger partial charge in [-0.05, 0) is 35.7 Å². The molecule has 0 saturated carbocycles. The van der Waals surface area contributed by atoms with Crippen molar-refractivity contribution in [3.05, 3.63) is 59.0 Å². The molecule has 78 valence electrons. The molecule has 0 amide bonds. The van der Waals surface area contributed by atoms with Crippen LogP contribution >= 0.6 is 27.5 Å². The molecule has 0 aliphatic heterocycles. The fraction of sp³-hybridized carbons (Fsp3) is 0.167. The molecule has 0 N–H and O–H groups in total. The van der Waals surface area contributed by atoms with Crippen LogP contribution in [-0.2, 0) is 6.42 Å². The van der Waals surface area contributed by atoms with Crippen molar-refractivity contribution in [2.75, 3.05) is 0 Å². The van der Waals surface area contributed by atoms with Crippen LogP contribution in [0.2, 0.25) is 5.22 Å². The quantitative estimate of drug-likeness (QED) is 0.751. The summed E-state index contributed by atoms with van der Waals surface area (Å²) in [6, 6.07) is 13.9. The normalized spacial score (nSPS) is 12.7. The molecular formula is C12H10BrClO. The van der Waals surface area contributed by atoms with Gasteiger partial charge in [-0.2, -0.15) is 0 Å². The largest absolute Gasteiger partial charge is 0.449 e. The molecule has 1 aromatic heterocycles. The molecule has 0 saturated heterocycles. The van der Waals surface area contributed by atoms with Crippen LogP contribution in [0.4, 0.5) is 0 Å². The van der Waals surface area contributed by atoms with Crippen molar-refractivity contribution in [1.29, 1.82) is 0 Å². The topological polar surface area (TPSA) is 13.1 Å². The van der Waals surface area contributed by atoms with Crippen molar-refractivity contribution in [3.63, 3.8) is 0 Å². The first-order valence-corrected chi connectivity index (χ1v) is 5.98. The monoisotopic (exact) mass is 284 g/mol. The maximum Gasteiger partial charge on any atom is 0.193 e. The summed E-state index contributed by atoms with van der Waals surface area (Å²) in [6.45, 7) is 0. The van der Waals surface area contributed by atoms with Crippen LogP contribution in [0.3, 0.4) is 0 Å². The lowest BCUT2D eigenvalue weighted by Gasteiger charge is -2.06. The minimum absolute atomic E-state index is 0.174. The van der Waals surface area contributed by atoms with Crippen LogP contribution in [0.15, 0.2) is 46.9 Å². The molecule has 15 heavy (non-hydrogen) atoms. The Morgan fingerprint density at radius 1 is 1.13 bits per heavy atom. The van der Waals surface area contributed by atoms with E-state index >= 15 is 0 Å². The first kappa shape index (κ1) is 10.8. The van der Waals surface area contributed by atoms with Crippen LogP contribution in [0.1, 0.15) is 16.2 Å². The van der Waals surface area contributed by atoms with Crippen LogP contribution in [0, 0.1) is 0 Å². The van der Waals surface area contributed by atoms with Crippen molar-refractivity contribution in [3.8, 4) is 0 Å². The molecule has 0 aliphatic carbocycles. The van der Waals surface area contributed by atoms with E-state index in [1.54, 1.807) is 6.07 Å². The Kier molecular flexibility index (Phi) is 3.49. The van der Waals surface area contributed by atoms with Gasteiger partial charge in [0.15, 0.2) is 5.22 Å². The number of hydrogen-bond acceptors (Lipinski definition) is 1. The SMILES string of the molecule is Clc1ccc(C(Br)Cc2ccccc2)o1. The standard InChI is InChI=1S/C12H10BrClO/c13-10(11-6-7-12(14)15-11)8-9-4-2-1-3-5-9/h1-7,10H,8H2. The van der Waals surface area contributed by atoms with E-state index in [9.17, 15) is 0 Å². The minimum atomic E-state index is 0.174. The molecule has 1 atom stereocenters. The highest BCUT2D eigenvalue weighted by Gasteiger charge is 2.12. The molecule has 3 heteroatoms. The summed E-state index contributed by atoms with van der Waals surface area (Å²) in [5, 5.41) is 0.433. The van der Waals surface area contributed by atoms with Gasteiger partial charge in [-0.1, -0.05) is 46.3 Å². The zero-order chi connectivity index (χ0) is 10.7. The molecular weight excluding hydrogens is 275 g/mol. The molecule has 0 aliphatic rings. The number of rotatable bonds is 3. The van der Waals surface area contributed by atoms with Gasteiger partial charge in [-0.3, -0.25) is 0 Å². The van der Waals surface area contributed by atoms with Gasteiger partial charge in [-0.25, -0.2) is 0 Å². The highest BCUT2D eigenvalue weighted by atomic mass is 79.9. The summed E-state index contributed by atoms with van der Waals surface area (Å²) in [5.41, 5.74) is 1.27. The second kappa shape index (κ2) is 4.86. The summed E-state index contributed by atoms with van der Waals surface area (Å²) in [7, 11) is 0. The molecule has 0 radical (unpaired) electrons. The summed E-state index contributed by atoms with van der Waals surface area (Å²) in [5.74, 6) is 0.865. The lowest BCUT2D eigenvalue weighted by Crippen LogP contribution is -1.92. The van der Waals surface area contributed by atoms with Gasteiger partial charge in [0.2, 0.25) is 0 Å². The predicted octanol–water partition coefficient (Wildman–Crippen LogP) is 4.61. The van der Waals surface area contributed by atoms with Crippen LogP contribution < -0.4 is 0 Å². The summed E-state index contributed by atoms with van der Waals surface area (Å²) >= 11 is 9.30. The Morgan fingerprint density at radius 2 is 1.87 bits per heavy atom. The molecule has 1 aromatic carbocycles. The Labute approximate surface area is 102 Å². The molecule has 0 spiro atoms. The van der Waals surface area contributed by atoms with Crippen molar-refractivity contribution in [2.45, 2.75) is 11.2 Å². The second-order valence-electron chi connectivity index (χ2n) is 3.30. The molecule has 1 heterocycles. The summed E-state index contributed by atoms with van der Waals surface area (Å²) < 4.78 is 5.34. The molecule has 0 fully saturated rings. The van der Waals surface area contributed by atoms with Gasteiger partial charge in [0.25, 0.3) is 0 Å². The maximum atomic E-state index is 5.72. The Morgan fingerprint density at radius 3 is 2.47 bits per heavy atom. The van der Waals surface area contributed by atoms with Gasteiger partial charge in [0.05, 0.1) is 4.83 Å². The number of alkyl halides is 1. The number of halogens is 2. The third-order valence-corrected chi connectivity index (χ3v) is 3.14. The average Bonchev–Trinajstić information content (AvgIpc) is 2.66. The number of benzene rings is 1. The van der Waals surface area contributed by atoms with Gasteiger partial charge >= 0.3 is 0 Å². The van der Waals surface area contributed by atoms with Gasteiger partial charge in [0.1, 0.15) is 5.76 Å². The van der Waals surface area contributed by atoms with Crippen LogP contribution in [0.25, 0.3) is 0 Å². The average molecular weight is 286 g/mol. The van der Waals surface area contributed by atoms with E-state index in [4.69, 9.17) is 16.0 Å². The fourth-order valence-electron chi connectivity index (χ4n) is 1.42. The number of furan rings is 1. The van der Waals surface area contributed by atoms with Crippen molar-refractivity contribution in [1.82, 2.24) is 0 Å². The third kappa shape index (κ3) is 2.86.